The van der Waals surface area contributed by atoms with Gasteiger partial charge in [0.05, 0.1) is 6.16 Å². The van der Waals surface area contributed by atoms with E-state index in [1.165, 1.54) is 24.5 Å². The lowest BCUT2D eigenvalue weighted by molar-refractivity contribution is 0.350. The highest BCUT2D eigenvalue weighted by molar-refractivity contribution is 7.56. The lowest BCUT2D eigenvalue weighted by atomic mass is 10.4. The lowest BCUT2D eigenvalue weighted by Crippen LogP contribution is -2.24. The third kappa shape index (κ3) is 5.41. The monoisotopic (exact) mass is 282 g/mol. The van der Waals surface area contributed by atoms with Gasteiger partial charge < -0.3 is 24.9 Å². The van der Waals surface area contributed by atoms with E-state index in [9.17, 15) is 9.13 Å². The van der Waals surface area contributed by atoms with E-state index in [1.54, 1.807) is 0 Å². The molecule has 0 aromatic carbocycles. The third-order valence-electron chi connectivity index (χ3n) is 1.83. The Hall–Kier alpha value is -0.750. The molecule has 0 saturated carbocycles. The molecule has 5 N–H and O–H groups in total. The van der Waals surface area contributed by atoms with E-state index in [4.69, 9.17) is 19.6 Å². The Balaban J connectivity index is 2.86. The smallest absolute Gasteiger partial charge is 0.348 e. The van der Waals surface area contributed by atoms with Gasteiger partial charge in [-0.1, -0.05) is 0 Å². The Morgan fingerprint density at radius 3 is 2.12 bits per heavy atom. The molecule has 0 saturated heterocycles. The first-order chi connectivity index (χ1) is 7.68. The molecule has 0 spiro atoms. The van der Waals surface area contributed by atoms with Crippen molar-refractivity contribution in [2.45, 2.75) is 5.78 Å². The lowest BCUT2D eigenvalue weighted by Gasteiger charge is -2.21. The number of anilines is 1. The molecular weight excluding hydrogens is 270 g/mol. The van der Waals surface area contributed by atoms with Gasteiger partial charge in [-0.15, -0.1) is 0 Å². The number of nitrogens with zero attached hydrogens (tertiary/aromatic N) is 1. The summed E-state index contributed by atoms with van der Waals surface area (Å²) in [5.74, 6) is -1.63. The third-order valence-corrected chi connectivity index (χ3v) is 4.08. The van der Waals surface area contributed by atoms with E-state index in [0.29, 0.717) is 5.69 Å². The van der Waals surface area contributed by atoms with Crippen LogP contribution in [0.4, 0.5) is 5.69 Å². The van der Waals surface area contributed by atoms with Crippen LogP contribution >= 0.6 is 15.2 Å². The summed E-state index contributed by atoms with van der Waals surface area (Å²) in [6, 6.07) is 2.87. The molecule has 96 valence electrons. The Labute approximate surface area is 97.0 Å². The number of hydrogen-bond donors (Lipinski definition) is 5. The Kier molecular flexibility index (Phi) is 4.43. The zero-order valence-electron chi connectivity index (χ0n) is 8.54. The molecule has 1 aromatic rings. The highest BCUT2D eigenvalue weighted by Crippen LogP contribution is 2.48. The number of hydrogen-bond acceptors (Lipinski definition) is 4. The van der Waals surface area contributed by atoms with Gasteiger partial charge in [-0.2, -0.15) is 0 Å². The average Bonchev–Trinajstić information content (AvgIpc) is 2.15. The summed E-state index contributed by atoms with van der Waals surface area (Å²) < 4.78 is 21.9. The van der Waals surface area contributed by atoms with Crippen molar-refractivity contribution in [1.82, 2.24) is 4.98 Å². The van der Waals surface area contributed by atoms with E-state index in [0.717, 1.165) is 0 Å². The zero-order valence-corrected chi connectivity index (χ0v) is 10.3. The van der Waals surface area contributed by atoms with Crippen LogP contribution in [-0.2, 0) is 9.13 Å². The van der Waals surface area contributed by atoms with Crippen molar-refractivity contribution in [3.8, 4) is 0 Å². The van der Waals surface area contributed by atoms with Gasteiger partial charge in [-0.25, -0.2) is 0 Å². The van der Waals surface area contributed by atoms with E-state index in [-0.39, 0.29) is 0 Å². The standard InChI is InChI=1S/C7H12N2O6P2/c10-16(11,12)5-7(17(13,14)15)9-6-1-3-8-4-2-6/h1-4,7H,5H2,(H,8,9)(H2,10,11,12)(H2,13,14,15). The van der Waals surface area contributed by atoms with E-state index in [2.05, 4.69) is 10.3 Å². The summed E-state index contributed by atoms with van der Waals surface area (Å²) in [5, 5.41) is 2.38. The van der Waals surface area contributed by atoms with Gasteiger partial charge >= 0.3 is 15.2 Å². The largest absolute Gasteiger partial charge is 0.371 e. The van der Waals surface area contributed by atoms with Crippen LogP contribution in [0.2, 0.25) is 0 Å². The topological polar surface area (TPSA) is 140 Å². The first kappa shape index (κ1) is 14.3. The second-order valence-corrected chi connectivity index (χ2v) is 6.83. The van der Waals surface area contributed by atoms with Crippen LogP contribution in [0.5, 0.6) is 0 Å². The van der Waals surface area contributed by atoms with Crippen molar-refractivity contribution in [1.29, 1.82) is 0 Å². The fraction of sp³-hybridized carbons (Fsp3) is 0.286. The molecule has 1 aromatic heterocycles. The van der Waals surface area contributed by atoms with Gasteiger partial charge in [0.2, 0.25) is 0 Å². The molecule has 1 heterocycles. The fourth-order valence-electron chi connectivity index (χ4n) is 1.10. The molecular formula is C7H12N2O6P2. The number of nitrogens with one attached hydrogen (secondary N) is 1. The molecule has 0 aliphatic carbocycles. The van der Waals surface area contributed by atoms with Gasteiger partial charge in [-0.3, -0.25) is 14.1 Å². The van der Waals surface area contributed by atoms with E-state index < -0.39 is 27.1 Å². The average molecular weight is 282 g/mol. The highest BCUT2D eigenvalue weighted by atomic mass is 31.2. The first-order valence-electron chi connectivity index (χ1n) is 4.45. The van der Waals surface area contributed by atoms with Crippen molar-refractivity contribution in [3.05, 3.63) is 24.5 Å². The molecule has 10 heteroatoms. The maximum absolute atomic E-state index is 11.1. The van der Waals surface area contributed by atoms with Crippen LogP contribution in [0.15, 0.2) is 24.5 Å². The molecule has 0 aliphatic rings. The summed E-state index contributed by atoms with van der Waals surface area (Å²) in [7, 11) is -9.19. The summed E-state index contributed by atoms with van der Waals surface area (Å²) in [6.07, 6.45) is 1.83. The maximum Gasteiger partial charge on any atom is 0.348 e. The molecule has 0 fully saturated rings. The van der Waals surface area contributed by atoms with Crippen molar-refractivity contribution >= 4 is 20.9 Å². The number of rotatable bonds is 5. The first-order valence-corrected chi connectivity index (χ1v) is 7.93. The number of pyridine rings is 1. The van der Waals surface area contributed by atoms with Crippen molar-refractivity contribution in [2.24, 2.45) is 0 Å². The van der Waals surface area contributed by atoms with E-state index in [1.807, 2.05) is 0 Å². The predicted octanol–water partition coefficient (Wildman–Crippen LogP) is 0.175. The minimum Gasteiger partial charge on any atom is -0.371 e. The minimum absolute atomic E-state index is 0.321. The molecule has 0 radical (unpaired) electrons. The molecule has 0 aliphatic heterocycles. The van der Waals surface area contributed by atoms with E-state index >= 15 is 0 Å². The summed E-state index contributed by atoms with van der Waals surface area (Å²) >= 11 is 0. The Morgan fingerprint density at radius 1 is 1.18 bits per heavy atom. The van der Waals surface area contributed by atoms with Crippen molar-refractivity contribution in [3.63, 3.8) is 0 Å². The van der Waals surface area contributed by atoms with Crippen LogP contribution < -0.4 is 5.32 Å². The Bertz CT molecular complexity index is 455. The molecule has 0 amide bonds. The van der Waals surface area contributed by atoms with Gasteiger partial charge in [0.1, 0.15) is 5.78 Å². The Morgan fingerprint density at radius 2 is 1.71 bits per heavy atom. The number of aromatic nitrogens is 1. The van der Waals surface area contributed by atoms with Gasteiger partial charge in [-0.05, 0) is 12.1 Å². The predicted molar refractivity (Wildman–Crippen MR) is 60.6 cm³/mol. The molecule has 0 bridgehead atoms. The quantitative estimate of drug-likeness (QED) is 0.481. The van der Waals surface area contributed by atoms with Crippen LogP contribution in [0, 0.1) is 0 Å². The zero-order chi connectivity index (χ0) is 13.1. The van der Waals surface area contributed by atoms with Crippen LogP contribution in [-0.4, -0.2) is 36.5 Å². The summed E-state index contributed by atoms with van der Waals surface area (Å²) in [5.41, 5.74) is 0.321. The highest BCUT2D eigenvalue weighted by Gasteiger charge is 2.34. The van der Waals surface area contributed by atoms with Crippen molar-refractivity contribution < 1.29 is 28.7 Å². The molecule has 17 heavy (non-hydrogen) atoms. The minimum atomic E-state index is -4.66. The van der Waals surface area contributed by atoms with Gasteiger partial charge in [0.15, 0.2) is 0 Å². The molecule has 1 rings (SSSR count). The van der Waals surface area contributed by atoms with Crippen LogP contribution in [0.25, 0.3) is 0 Å². The molecule has 1 unspecified atom stereocenters. The second-order valence-electron chi connectivity index (χ2n) is 3.33. The SMILES string of the molecule is O=P(O)(O)CC(Nc1ccncc1)P(=O)(O)O. The fourth-order valence-corrected chi connectivity index (χ4v) is 3.45. The van der Waals surface area contributed by atoms with Crippen molar-refractivity contribution in [2.75, 3.05) is 11.5 Å². The second kappa shape index (κ2) is 5.27. The maximum atomic E-state index is 11.1. The van der Waals surface area contributed by atoms with Gasteiger partial charge in [0, 0.05) is 18.1 Å². The normalized spacial score (nSPS) is 14.4. The summed E-state index contributed by atoms with van der Waals surface area (Å²) in [6.45, 7) is 0. The molecule has 1 atom stereocenters. The summed E-state index contributed by atoms with van der Waals surface area (Å²) in [4.78, 5) is 39.2. The molecule has 8 nitrogen and oxygen atoms in total. The van der Waals surface area contributed by atoms with Crippen LogP contribution in [0.1, 0.15) is 0 Å². The van der Waals surface area contributed by atoms with Gasteiger partial charge in [0.25, 0.3) is 0 Å². The van der Waals surface area contributed by atoms with Crippen LogP contribution in [0.3, 0.4) is 0 Å².